The number of hydrogen-bond acceptors (Lipinski definition) is 4. The average molecular weight is 336 g/mol. The largest absolute Gasteiger partial charge is 0.494 e. The lowest BCUT2D eigenvalue weighted by Gasteiger charge is -2.23. The highest BCUT2D eigenvalue weighted by Crippen LogP contribution is 2.34. The molecule has 0 fully saturated rings. The molecule has 0 radical (unpaired) electrons. The van der Waals surface area contributed by atoms with Crippen LogP contribution in [0.1, 0.15) is 44.6 Å². The van der Waals surface area contributed by atoms with Crippen LogP contribution < -0.4 is 4.74 Å². The fourth-order valence-electron chi connectivity index (χ4n) is 2.49. The van der Waals surface area contributed by atoms with E-state index in [-0.39, 0.29) is 10.3 Å². The summed E-state index contributed by atoms with van der Waals surface area (Å²) in [7, 11) is -3.71. The lowest BCUT2D eigenvalue weighted by atomic mass is 9.86. The highest BCUT2D eigenvalue weighted by Gasteiger charge is 2.25. The quantitative estimate of drug-likeness (QED) is 0.858. The second-order valence-electron chi connectivity index (χ2n) is 6.62. The van der Waals surface area contributed by atoms with Gasteiger partial charge in [-0.15, -0.1) is 0 Å². The molecule has 0 bridgehead atoms. The number of aryl methyl sites for hydroxylation is 2. The summed E-state index contributed by atoms with van der Waals surface area (Å²) in [6, 6.07) is 6.74. The standard InChI is InChI=1S/C17H24N2O3S/c1-7-22-16-9-8-14(11-15(16)17(4,5)6)23(20,21)19-13(3)10-12(2)18-19/h8-11H,7H2,1-6H3. The van der Waals surface area contributed by atoms with Gasteiger partial charge in [0.25, 0.3) is 10.0 Å². The van der Waals surface area contributed by atoms with Crippen molar-refractivity contribution in [1.82, 2.24) is 9.19 Å². The van der Waals surface area contributed by atoms with Crippen LogP contribution in [0.25, 0.3) is 0 Å². The van der Waals surface area contributed by atoms with Gasteiger partial charge in [-0.1, -0.05) is 20.8 Å². The average Bonchev–Trinajstić information content (AvgIpc) is 2.78. The molecule has 1 aromatic carbocycles. The van der Waals surface area contributed by atoms with Crippen molar-refractivity contribution in [3.63, 3.8) is 0 Å². The van der Waals surface area contributed by atoms with Crippen molar-refractivity contribution < 1.29 is 13.2 Å². The van der Waals surface area contributed by atoms with Gasteiger partial charge in [0.2, 0.25) is 0 Å². The summed E-state index contributed by atoms with van der Waals surface area (Å²) in [5.74, 6) is 0.715. The van der Waals surface area contributed by atoms with Crippen molar-refractivity contribution in [2.75, 3.05) is 6.61 Å². The van der Waals surface area contributed by atoms with Crippen LogP contribution in [0.15, 0.2) is 29.2 Å². The van der Waals surface area contributed by atoms with Crippen molar-refractivity contribution in [2.24, 2.45) is 0 Å². The zero-order valence-electron chi connectivity index (χ0n) is 14.5. The summed E-state index contributed by atoms with van der Waals surface area (Å²) < 4.78 is 32.5. The molecule has 0 atom stereocenters. The number of benzene rings is 1. The van der Waals surface area contributed by atoms with E-state index in [2.05, 4.69) is 5.10 Å². The molecule has 1 aromatic heterocycles. The monoisotopic (exact) mass is 336 g/mol. The van der Waals surface area contributed by atoms with Gasteiger partial charge >= 0.3 is 0 Å². The van der Waals surface area contributed by atoms with Crippen molar-refractivity contribution >= 4 is 10.0 Å². The second kappa shape index (κ2) is 6.00. The first-order chi connectivity index (χ1) is 10.6. The fraction of sp³-hybridized carbons (Fsp3) is 0.471. The van der Waals surface area contributed by atoms with Gasteiger partial charge in [-0.25, -0.2) is 0 Å². The summed E-state index contributed by atoms with van der Waals surface area (Å²) in [5.41, 5.74) is 1.90. The van der Waals surface area contributed by atoms with E-state index in [0.717, 1.165) is 9.65 Å². The van der Waals surface area contributed by atoms with Crippen LogP contribution >= 0.6 is 0 Å². The third kappa shape index (κ3) is 3.42. The van der Waals surface area contributed by atoms with Gasteiger partial charge < -0.3 is 4.74 Å². The summed E-state index contributed by atoms with van der Waals surface area (Å²) in [6.45, 7) is 12.0. The zero-order chi connectivity index (χ0) is 17.4. The van der Waals surface area contributed by atoms with Crippen LogP contribution in [0.3, 0.4) is 0 Å². The van der Waals surface area contributed by atoms with E-state index in [1.807, 2.05) is 27.7 Å². The molecule has 6 heteroatoms. The van der Waals surface area contributed by atoms with Crippen LogP contribution in [0.2, 0.25) is 0 Å². The van der Waals surface area contributed by atoms with Crippen LogP contribution in [-0.4, -0.2) is 24.2 Å². The molecule has 0 spiro atoms. The molecule has 0 N–H and O–H groups in total. The minimum atomic E-state index is -3.71. The van der Waals surface area contributed by atoms with Gasteiger partial charge in [-0.05, 0) is 50.5 Å². The van der Waals surface area contributed by atoms with E-state index in [1.165, 1.54) is 0 Å². The third-order valence-corrected chi connectivity index (χ3v) is 5.23. The van der Waals surface area contributed by atoms with Crippen LogP contribution in [0.4, 0.5) is 0 Å². The second-order valence-corrected chi connectivity index (χ2v) is 8.38. The molecule has 0 amide bonds. The summed E-state index contributed by atoms with van der Waals surface area (Å²) in [4.78, 5) is 0.220. The predicted octanol–water partition coefficient (Wildman–Crippen LogP) is 3.43. The maximum atomic E-state index is 12.9. The Morgan fingerprint density at radius 2 is 1.83 bits per heavy atom. The van der Waals surface area contributed by atoms with Gasteiger partial charge in [0.15, 0.2) is 0 Å². The van der Waals surface area contributed by atoms with Gasteiger partial charge in [0.05, 0.1) is 22.9 Å². The topological polar surface area (TPSA) is 61.2 Å². The number of hydrogen-bond donors (Lipinski definition) is 0. The number of rotatable bonds is 4. The van der Waals surface area contributed by atoms with E-state index in [1.54, 1.807) is 38.1 Å². The van der Waals surface area contributed by atoms with Gasteiger partial charge in [-0.3, -0.25) is 0 Å². The van der Waals surface area contributed by atoms with Crippen molar-refractivity contribution in [3.8, 4) is 5.75 Å². The molecule has 2 aromatic rings. The van der Waals surface area contributed by atoms with Gasteiger partial charge in [-0.2, -0.15) is 17.6 Å². The summed E-state index contributed by atoms with van der Waals surface area (Å²) >= 11 is 0. The third-order valence-electron chi connectivity index (χ3n) is 3.55. The molecule has 5 nitrogen and oxygen atoms in total. The van der Waals surface area contributed by atoms with Crippen molar-refractivity contribution in [1.29, 1.82) is 0 Å². The van der Waals surface area contributed by atoms with Crippen LogP contribution in [-0.2, 0) is 15.4 Å². The molecular formula is C17H24N2O3S. The molecule has 0 aliphatic carbocycles. The van der Waals surface area contributed by atoms with E-state index < -0.39 is 10.0 Å². The molecule has 0 saturated carbocycles. The normalized spacial score (nSPS) is 12.4. The van der Waals surface area contributed by atoms with Gasteiger partial charge in [0.1, 0.15) is 5.75 Å². The minimum Gasteiger partial charge on any atom is -0.494 e. The Morgan fingerprint density at radius 1 is 1.17 bits per heavy atom. The van der Waals surface area contributed by atoms with E-state index in [4.69, 9.17) is 4.74 Å². The molecule has 0 aliphatic rings. The highest BCUT2D eigenvalue weighted by atomic mass is 32.2. The molecule has 23 heavy (non-hydrogen) atoms. The van der Waals surface area contributed by atoms with Gasteiger partial charge in [0, 0.05) is 5.56 Å². The van der Waals surface area contributed by atoms with Crippen LogP contribution in [0.5, 0.6) is 5.75 Å². The van der Waals surface area contributed by atoms with Crippen LogP contribution in [0, 0.1) is 13.8 Å². The molecule has 0 unspecified atom stereocenters. The maximum Gasteiger partial charge on any atom is 0.283 e. The SMILES string of the molecule is CCOc1ccc(S(=O)(=O)n2nc(C)cc2C)cc1C(C)(C)C. The smallest absolute Gasteiger partial charge is 0.283 e. The Hall–Kier alpha value is -1.82. The molecule has 0 saturated heterocycles. The Morgan fingerprint density at radius 3 is 2.30 bits per heavy atom. The first kappa shape index (κ1) is 17.5. The first-order valence-electron chi connectivity index (χ1n) is 7.63. The molecule has 126 valence electrons. The maximum absolute atomic E-state index is 12.9. The Kier molecular flexibility index (Phi) is 4.57. The molecule has 1 heterocycles. The van der Waals surface area contributed by atoms with Crippen molar-refractivity contribution in [2.45, 2.75) is 51.9 Å². The number of aromatic nitrogens is 2. The Bertz CT molecular complexity index is 815. The highest BCUT2D eigenvalue weighted by molar-refractivity contribution is 7.89. The summed E-state index contributed by atoms with van der Waals surface area (Å²) in [5, 5.41) is 4.11. The van der Waals surface area contributed by atoms with E-state index in [0.29, 0.717) is 23.7 Å². The Balaban J connectivity index is 2.62. The first-order valence-corrected chi connectivity index (χ1v) is 9.07. The minimum absolute atomic E-state index is 0.220. The summed E-state index contributed by atoms with van der Waals surface area (Å²) in [6.07, 6.45) is 0. The zero-order valence-corrected chi connectivity index (χ0v) is 15.4. The Labute approximate surface area is 138 Å². The predicted molar refractivity (Wildman–Crippen MR) is 90.6 cm³/mol. The lowest BCUT2D eigenvalue weighted by molar-refractivity contribution is 0.329. The lowest BCUT2D eigenvalue weighted by Crippen LogP contribution is -2.19. The molecule has 0 aliphatic heterocycles. The fourth-order valence-corrected chi connectivity index (χ4v) is 3.86. The van der Waals surface area contributed by atoms with E-state index in [9.17, 15) is 8.42 Å². The molecule has 2 rings (SSSR count). The number of ether oxygens (including phenoxy) is 1. The van der Waals surface area contributed by atoms with Crippen molar-refractivity contribution in [3.05, 3.63) is 41.2 Å². The molecular weight excluding hydrogens is 312 g/mol. The van der Waals surface area contributed by atoms with E-state index >= 15 is 0 Å². The number of nitrogens with zero attached hydrogens (tertiary/aromatic N) is 2.